The molecular formula is C34H45ClN10O4. The van der Waals surface area contributed by atoms with Crippen LogP contribution in [0.15, 0.2) is 43.1 Å². The Kier molecular flexibility index (Phi) is 10.5. The minimum atomic E-state index is -0.205. The quantitative estimate of drug-likeness (QED) is 0.186. The van der Waals surface area contributed by atoms with Crippen LogP contribution in [0, 0.1) is 5.92 Å². The molecule has 1 aliphatic carbocycles. The molecule has 2 saturated heterocycles. The van der Waals surface area contributed by atoms with Gasteiger partial charge in [-0.2, -0.15) is 0 Å². The Balaban J connectivity index is 1.02. The molecule has 3 fully saturated rings. The number of nitrogens with zero attached hydrogens (tertiary/aromatic N) is 9. The Bertz CT molecular complexity index is 1630. The van der Waals surface area contributed by atoms with Crippen molar-refractivity contribution in [3.05, 3.63) is 48.1 Å². The molecule has 0 spiro atoms. The minimum Gasteiger partial charge on any atom is -0.487 e. The van der Waals surface area contributed by atoms with E-state index in [-0.39, 0.29) is 12.0 Å². The van der Waals surface area contributed by atoms with Gasteiger partial charge in [-0.1, -0.05) is 24.6 Å². The van der Waals surface area contributed by atoms with Crippen LogP contribution >= 0.6 is 11.6 Å². The number of halogens is 1. The number of nitrogens with one attached hydrogen (secondary N) is 1. The molecule has 5 heterocycles. The van der Waals surface area contributed by atoms with Gasteiger partial charge in [0.1, 0.15) is 23.9 Å². The molecule has 1 N–H and O–H groups in total. The van der Waals surface area contributed by atoms with Crippen molar-refractivity contribution in [2.24, 2.45) is 5.92 Å². The average molecular weight is 693 g/mol. The summed E-state index contributed by atoms with van der Waals surface area (Å²) in [5, 5.41) is 20.1. The number of methoxy groups -OCH3 is 1. The number of ether oxygens (including phenoxy) is 4. The van der Waals surface area contributed by atoms with Crippen molar-refractivity contribution >= 4 is 23.2 Å². The summed E-state index contributed by atoms with van der Waals surface area (Å²) in [5.74, 6) is 1.77. The van der Waals surface area contributed by atoms with Crippen molar-refractivity contribution in [2.45, 2.75) is 89.2 Å². The topological polar surface area (TPSA) is 139 Å². The molecule has 1 saturated carbocycles. The van der Waals surface area contributed by atoms with Gasteiger partial charge >= 0.3 is 0 Å². The Morgan fingerprint density at radius 3 is 2.41 bits per heavy atom. The number of anilines is 2. The molecule has 262 valence electrons. The molecule has 1 aromatic carbocycles. The van der Waals surface area contributed by atoms with Crippen LogP contribution in [-0.4, -0.2) is 103 Å². The standard InChI is InChI=1S/C34H45ClN10O4/c1-22(17-46-3)18-48-33-31(16-44(40-33)26-5-7-27(8-6-26)45-28-9-10-29(45)20-47-19-28)39-34-36-13-25(14-37-34)24-4-11-30(35)32(12-24)49-23(2)15-43-21-38-41-42-43/h4,11-14,16,21-23,26-29H,5-10,15,17-20H2,1-3H3,(H,36,37,39)/t22-,23-,26-,27-,28-,29+/m0/s1. The Labute approximate surface area is 291 Å². The second-order valence-electron chi connectivity index (χ2n) is 13.6. The maximum Gasteiger partial charge on any atom is 0.256 e. The second-order valence-corrected chi connectivity index (χ2v) is 14.0. The first-order valence-corrected chi connectivity index (χ1v) is 17.6. The normalized spacial score (nSPS) is 23.7. The fourth-order valence-corrected chi connectivity index (χ4v) is 7.56. The lowest BCUT2D eigenvalue weighted by molar-refractivity contribution is -0.0458. The van der Waals surface area contributed by atoms with Gasteiger partial charge in [0.2, 0.25) is 5.95 Å². The molecule has 4 atom stereocenters. The van der Waals surface area contributed by atoms with E-state index in [4.69, 9.17) is 35.6 Å². The van der Waals surface area contributed by atoms with Gasteiger partial charge in [0.05, 0.1) is 50.2 Å². The van der Waals surface area contributed by atoms with Gasteiger partial charge in [0.15, 0.2) is 0 Å². The predicted octanol–water partition coefficient (Wildman–Crippen LogP) is 5.20. The zero-order chi connectivity index (χ0) is 33.7. The summed E-state index contributed by atoms with van der Waals surface area (Å²) < 4.78 is 27.2. The maximum absolute atomic E-state index is 6.47. The van der Waals surface area contributed by atoms with Crippen LogP contribution in [0.2, 0.25) is 5.02 Å². The molecule has 15 heteroatoms. The van der Waals surface area contributed by atoms with Crippen LogP contribution in [0.5, 0.6) is 11.6 Å². The minimum absolute atomic E-state index is 0.205. The van der Waals surface area contributed by atoms with E-state index in [0.717, 1.165) is 42.9 Å². The van der Waals surface area contributed by atoms with Crippen molar-refractivity contribution in [1.82, 2.24) is 44.9 Å². The first-order valence-electron chi connectivity index (χ1n) is 17.3. The van der Waals surface area contributed by atoms with Gasteiger partial charge in [-0.15, -0.1) is 10.2 Å². The summed E-state index contributed by atoms with van der Waals surface area (Å²) >= 11 is 6.47. The van der Waals surface area contributed by atoms with Gasteiger partial charge in [0.25, 0.3) is 5.88 Å². The van der Waals surface area contributed by atoms with Gasteiger partial charge in [-0.3, -0.25) is 9.58 Å². The number of rotatable bonds is 14. The van der Waals surface area contributed by atoms with E-state index in [1.807, 2.05) is 31.3 Å². The van der Waals surface area contributed by atoms with Crippen molar-refractivity contribution < 1.29 is 18.9 Å². The Morgan fingerprint density at radius 2 is 1.69 bits per heavy atom. The molecule has 0 radical (unpaired) electrons. The SMILES string of the molecule is COC[C@H](C)COc1nn([C@H]2CC[C@H](N3[C@@H]4CC[C@H]3COC4)CC2)cc1Nc1ncc(-c2ccc(Cl)c(O[C@@H](C)Cn3cnnn3)c2)cn1. The largest absolute Gasteiger partial charge is 0.487 e. The van der Waals surface area contributed by atoms with Crippen LogP contribution in [0.1, 0.15) is 58.4 Å². The van der Waals surface area contributed by atoms with Gasteiger partial charge in [-0.25, -0.2) is 14.6 Å². The summed E-state index contributed by atoms with van der Waals surface area (Å²) in [6, 6.07) is 7.74. The zero-order valence-corrected chi connectivity index (χ0v) is 29.1. The fourth-order valence-electron chi connectivity index (χ4n) is 7.40. The lowest BCUT2D eigenvalue weighted by Gasteiger charge is -2.43. The highest BCUT2D eigenvalue weighted by Crippen LogP contribution is 2.40. The Hall–Kier alpha value is -3.85. The third-order valence-electron chi connectivity index (χ3n) is 9.74. The highest BCUT2D eigenvalue weighted by molar-refractivity contribution is 6.32. The van der Waals surface area contributed by atoms with E-state index < -0.39 is 0 Å². The lowest BCUT2D eigenvalue weighted by atomic mass is 9.89. The first kappa shape index (κ1) is 33.6. The highest BCUT2D eigenvalue weighted by Gasteiger charge is 2.42. The van der Waals surface area contributed by atoms with Crippen LogP contribution in [-0.2, 0) is 16.0 Å². The van der Waals surface area contributed by atoms with Crippen molar-refractivity contribution in [3.8, 4) is 22.8 Å². The van der Waals surface area contributed by atoms with Crippen molar-refractivity contribution in [2.75, 3.05) is 38.9 Å². The number of benzene rings is 1. The zero-order valence-electron chi connectivity index (χ0n) is 28.3. The van der Waals surface area contributed by atoms with E-state index >= 15 is 0 Å². The lowest BCUT2D eigenvalue weighted by Crippen LogP contribution is -2.52. The summed E-state index contributed by atoms with van der Waals surface area (Å²) in [7, 11) is 1.70. The van der Waals surface area contributed by atoms with Crippen LogP contribution < -0.4 is 14.8 Å². The molecule has 49 heavy (non-hydrogen) atoms. The fraction of sp³-hybridized carbons (Fsp3) is 0.588. The molecule has 7 rings (SSSR count). The second kappa shape index (κ2) is 15.4. The van der Waals surface area contributed by atoms with E-state index in [1.165, 1.54) is 25.7 Å². The summed E-state index contributed by atoms with van der Waals surface area (Å²) in [5.41, 5.74) is 2.45. The first-order chi connectivity index (χ1) is 23.9. The number of aromatic nitrogens is 8. The molecule has 4 aromatic rings. The molecular weight excluding hydrogens is 648 g/mol. The Morgan fingerprint density at radius 1 is 0.959 bits per heavy atom. The number of hydrogen-bond donors (Lipinski definition) is 1. The van der Waals surface area contributed by atoms with Crippen LogP contribution in [0.4, 0.5) is 11.6 Å². The smallest absolute Gasteiger partial charge is 0.256 e. The maximum atomic E-state index is 6.47. The monoisotopic (exact) mass is 692 g/mol. The number of tetrazole rings is 1. The van der Waals surface area contributed by atoms with Gasteiger partial charge in [0, 0.05) is 49.1 Å². The third-order valence-corrected chi connectivity index (χ3v) is 10.1. The molecule has 3 aromatic heterocycles. The predicted molar refractivity (Wildman–Crippen MR) is 183 cm³/mol. The molecule has 2 bridgehead atoms. The highest BCUT2D eigenvalue weighted by atomic mass is 35.5. The number of hydrogen-bond acceptors (Lipinski definition) is 12. The molecule has 14 nitrogen and oxygen atoms in total. The van der Waals surface area contributed by atoms with Gasteiger partial charge in [-0.05, 0) is 73.6 Å². The summed E-state index contributed by atoms with van der Waals surface area (Å²) in [6.45, 7) is 7.38. The van der Waals surface area contributed by atoms with Crippen LogP contribution in [0.3, 0.4) is 0 Å². The van der Waals surface area contributed by atoms with Crippen molar-refractivity contribution in [1.29, 1.82) is 0 Å². The molecule has 2 aliphatic heterocycles. The van der Waals surface area contributed by atoms with E-state index in [9.17, 15) is 0 Å². The summed E-state index contributed by atoms with van der Waals surface area (Å²) in [4.78, 5) is 12.0. The van der Waals surface area contributed by atoms with Crippen LogP contribution in [0.25, 0.3) is 11.1 Å². The molecule has 3 aliphatic rings. The van der Waals surface area contributed by atoms with Crippen molar-refractivity contribution in [3.63, 3.8) is 0 Å². The van der Waals surface area contributed by atoms with E-state index in [0.29, 0.717) is 66.5 Å². The number of fused-ring (bicyclic) bond motifs is 2. The van der Waals surface area contributed by atoms with E-state index in [1.54, 1.807) is 30.5 Å². The third kappa shape index (κ3) is 7.98. The van der Waals surface area contributed by atoms with Gasteiger partial charge < -0.3 is 24.3 Å². The summed E-state index contributed by atoms with van der Waals surface area (Å²) in [6.07, 6.45) is 14.0. The number of morpholine rings is 1. The average Bonchev–Trinajstić information content (AvgIpc) is 3.83. The van der Waals surface area contributed by atoms with E-state index in [2.05, 4.69) is 47.3 Å². The molecule has 0 unspecified atom stereocenters. The molecule has 0 amide bonds.